The Morgan fingerprint density at radius 2 is 1.32 bits per heavy atom. The lowest BCUT2D eigenvalue weighted by Gasteiger charge is -2.09. The first-order chi connectivity index (χ1) is 16.2. The van der Waals surface area contributed by atoms with Crippen LogP contribution in [0.1, 0.15) is 32.0 Å². The lowest BCUT2D eigenvalue weighted by Crippen LogP contribution is -2.14. The van der Waals surface area contributed by atoms with E-state index in [4.69, 9.17) is 15.9 Å². The van der Waals surface area contributed by atoms with Gasteiger partial charge >= 0.3 is 0 Å². The summed E-state index contributed by atoms with van der Waals surface area (Å²) >= 11 is 0. The molecule has 1 aromatic heterocycles. The molecule has 4 rings (SSSR count). The van der Waals surface area contributed by atoms with Crippen LogP contribution in [0.4, 0.5) is 27.1 Å². The Bertz CT molecular complexity index is 1300. The van der Waals surface area contributed by atoms with Gasteiger partial charge in [-0.15, -0.1) is 0 Å². The quantitative estimate of drug-likeness (QED) is 0.304. The first-order valence-electron chi connectivity index (χ1n) is 10.4. The zero-order valence-corrected chi connectivity index (χ0v) is 18.8. The molecule has 8 heteroatoms. The summed E-state index contributed by atoms with van der Waals surface area (Å²) in [5.41, 5.74) is 15.7. The molecule has 0 saturated heterocycles. The number of hydrogen-bond donors (Lipinski definition) is 4. The number of carbonyl (C=O) groups is 2. The second-order valence-electron chi connectivity index (χ2n) is 7.51. The third-order valence-electron chi connectivity index (χ3n) is 4.86. The van der Waals surface area contributed by atoms with E-state index in [2.05, 4.69) is 10.6 Å². The number of halogens is 1. The van der Waals surface area contributed by atoms with Gasteiger partial charge in [-0.1, -0.05) is 12.1 Å². The number of nitrogens with one attached hydrogen (secondary N) is 2. The fraction of sp³-hybridized carbons (Fsp3) is 0.0769. The molecule has 3 aromatic carbocycles. The van der Waals surface area contributed by atoms with Gasteiger partial charge in [0.15, 0.2) is 5.76 Å². The van der Waals surface area contributed by atoms with Crippen molar-refractivity contribution < 1.29 is 18.4 Å². The van der Waals surface area contributed by atoms with Gasteiger partial charge in [-0.2, -0.15) is 0 Å². The molecule has 0 aliphatic carbocycles. The largest absolute Gasteiger partial charge is 0.459 e. The van der Waals surface area contributed by atoms with Crippen LogP contribution in [0.15, 0.2) is 83.5 Å². The molecule has 0 atom stereocenters. The van der Waals surface area contributed by atoms with Gasteiger partial charge in [-0.3, -0.25) is 9.59 Å². The molecule has 1 heterocycles. The Hall–Kier alpha value is -4.59. The van der Waals surface area contributed by atoms with E-state index >= 15 is 0 Å². The molecule has 7 nitrogen and oxygen atoms in total. The highest BCUT2D eigenvalue weighted by Gasteiger charge is 2.12. The molecular weight excluding hydrogens is 435 g/mol. The Balaban J connectivity index is 0.000000192. The highest BCUT2D eigenvalue weighted by molar-refractivity contribution is 6.05. The summed E-state index contributed by atoms with van der Waals surface area (Å²) in [6.07, 6.45) is 1.46. The van der Waals surface area contributed by atoms with E-state index in [0.29, 0.717) is 17.1 Å². The number of carbonyl (C=O) groups excluding carboxylic acids is 2. The molecule has 0 aliphatic heterocycles. The first-order valence-corrected chi connectivity index (χ1v) is 10.4. The van der Waals surface area contributed by atoms with Crippen LogP contribution in [0.5, 0.6) is 0 Å². The Kier molecular flexibility index (Phi) is 7.66. The van der Waals surface area contributed by atoms with E-state index in [0.717, 1.165) is 16.8 Å². The molecule has 0 bridgehead atoms. The number of furan rings is 1. The monoisotopic (exact) mass is 460 g/mol. The normalized spacial score (nSPS) is 10.1. The van der Waals surface area contributed by atoms with E-state index in [-0.39, 0.29) is 17.2 Å². The van der Waals surface area contributed by atoms with E-state index < -0.39 is 11.7 Å². The Morgan fingerprint density at radius 3 is 1.82 bits per heavy atom. The number of benzene rings is 3. The maximum Gasteiger partial charge on any atom is 0.291 e. The molecule has 0 saturated carbocycles. The fourth-order valence-corrected chi connectivity index (χ4v) is 3.08. The van der Waals surface area contributed by atoms with Crippen LogP contribution >= 0.6 is 0 Å². The first kappa shape index (κ1) is 24.1. The molecule has 0 radical (unpaired) electrons. The minimum Gasteiger partial charge on any atom is -0.459 e. The van der Waals surface area contributed by atoms with Gasteiger partial charge in [-0.05, 0) is 85.6 Å². The van der Waals surface area contributed by atoms with Gasteiger partial charge in [0.1, 0.15) is 5.82 Å². The van der Waals surface area contributed by atoms with Crippen LogP contribution in [0, 0.1) is 19.7 Å². The van der Waals surface area contributed by atoms with E-state index in [1.54, 1.807) is 60.7 Å². The molecule has 34 heavy (non-hydrogen) atoms. The molecule has 0 aliphatic rings. The number of nitrogens with two attached hydrogens (primary N) is 2. The van der Waals surface area contributed by atoms with Crippen molar-refractivity contribution in [2.24, 2.45) is 0 Å². The average molecular weight is 461 g/mol. The number of hydrogen-bond acceptors (Lipinski definition) is 5. The van der Waals surface area contributed by atoms with Crippen LogP contribution < -0.4 is 22.1 Å². The summed E-state index contributed by atoms with van der Waals surface area (Å²) in [6, 6.07) is 19.6. The zero-order chi connectivity index (χ0) is 24.7. The van der Waals surface area contributed by atoms with Crippen molar-refractivity contribution in [3.8, 4) is 0 Å². The molecule has 6 N–H and O–H groups in total. The molecule has 174 valence electrons. The molecule has 0 fully saturated rings. The number of aryl methyl sites for hydroxylation is 2. The van der Waals surface area contributed by atoms with Gasteiger partial charge in [0.2, 0.25) is 0 Å². The van der Waals surface area contributed by atoms with Crippen LogP contribution in [0.3, 0.4) is 0 Å². The Labute approximate surface area is 196 Å². The van der Waals surface area contributed by atoms with Crippen LogP contribution in [-0.2, 0) is 0 Å². The summed E-state index contributed by atoms with van der Waals surface area (Å²) in [7, 11) is 0. The SMILES string of the molecule is Cc1cc(N)ccc1NC(=O)c1ccccc1F.Cc1cc(N)ccc1NC(=O)c1ccco1. The fourth-order valence-electron chi connectivity index (χ4n) is 3.08. The lowest BCUT2D eigenvalue weighted by atomic mass is 10.1. The summed E-state index contributed by atoms with van der Waals surface area (Å²) in [5.74, 6) is -0.988. The predicted octanol–water partition coefficient (Wildman–Crippen LogP) is 5.39. The molecule has 0 unspecified atom stereocenters. The van der Waals surface area contributed by atoms with Crippen molar-refractivity contribution >= 4 is 34.6 Å². The maximum atomic E-state index is 13.4. The summed E-state index contributed by atoms with van der Waals surface area (Å²) < 4.78 is 18.4. The summed E-state index contributed by atoms with van der Waals surface area (Å²) in [4.78, 5) is 23.6. The van der Waals surface area contributed by atoms with E-state index in [1.165, 1.54) is 18.4 Å². The van der Waals surface area contributed by atoms with Crippen LogP contribution in [0.25, 0.3) is 0 Å². The lowest BCUT2D eigenvalue weighted by molar-refractivity contribution is 0.0994. The van der Waals surface area contributed by atoms with Crippen molar-refractivity contribution in [2.45, 2.75) is 13.8 Å². The number of rotatable bonds is 4. The number of nitrogen functional groups attached to an aromatic ring is 2. The van der Waals surface area contributed by atoms with Crippen molar-refractivity contribution in [3.05, 3.63) is 107 Å². The molecule has 4 aromatic rings. The third kappa shape index (κ3) is 6.23. The van der Waals surface area contributed by atoms with E-state index in [1.807, 2.05) is 13.8 Å². The van der Waals surface area contributed by atoms with Crippen molar-refractivity contribution in [1.82, 2.24) is 0 Å². The molecular formula is C26H25FN4O3. The van der Waals surface area contributed by atoms with Gasteiger partial charge < -0.3 is 26.5 Å². The maximum absolute atomic E-state index is 13.4. The highest BCUT2D eigenvalue weighted by atomic mass is 19.1. The minimum absolute atomic E-state index is 0.0220. The number of amides is 2. The minimum atomic E-state index is -0.539. The second kappa shape index (κ2) is 10.8. The van der Waals surface area contributed by atoms with Gasteiger partial charge in [0.05, 0.1) is 11.8 Å². The Morgan fingerprint density at radius 1 is 0.765 bits per heavy atom. The standard InChI is InChI=1S/C14H13FN2O.C12H12N2O2/c1-9-8-10(16)6-7-13(9)17-14(18)11-4-2-3-5-12(11)15;1-8-7-9(13)4-5-10(8)14-12(15)11-3-2-6-16-11/h2-8H,16H2,1H3,(H,17,18);2-7H,13H2,1H3,(H,14,15). The zero-order valence-electron chi connectivity index (χ0n) is 18.8. The van der Waals surface area contributed by atoms with Crippen molar-refractivity contribution in [1.29, 1.82) is 0 Å². The van der Waals surface area contributed by atoms with Crippen LogP contribution in [-0.4, -0.2) is 11.8 Å². The van der Waals surface area contributed by atoms with Crippen molar-refractivity contribution in [3.63, 3.8) is 0 Å². The van der Waals surface area contributed by atoms with Gasteiger partial charge in [0.25, 0.3) is 11.8 Å². The third-order valence-corrected chi connectivity index (χ3v) is 4.86. The predicted molar refractivity (Wildman–Crippen MR) is 132 cm³/mol. The summed E-state index contributed by atoms with van der Waals surface area (Å²) in [5, 5.41) is 5.41. The highest BCUT2D eigenvalue weighted by Crippen LogP contribution is 2.20. The smallest absolute Gasteiger partial charge is 0.291 e. The van der Waals surface area contributed by atoms with Gasteiger partial charge in [0, 0.05) is 22.7 Å². The van der Waals surface area contributed by atoms with Crippen LogP contribution in [0.2, 0.25) is 0 Å². The molecule has 0 spiro atoms. The molecule has 2 amide bonds. The number of anilines is 4. The summed E-state index contributed by atoms with van der Waals surface area (Å²) in [6.45, 7) is 3.71. The topological polar surface area (TPSA) is 123 Å². The van der Waals surface area contributed by atoms with Crippen molar-refractivity contribution in [2.75, 3.05) is 22.1 Å². The van der Waals surface area contributed by atoms with Gasteiger partial charge in [-0.25, -0.2) is 4.39 Å². The average Bonchev–Trinajstić information content (AvgIpc) is 3.33. The second-order valence-corrected chi connectivity index (χ2v) is 7.51. The van der Waals surface area contributed by atoms with E-state index in [9.17, 15) is 14.0 Å².